The topological polar surface area (TPSA) is 69.6 Å². The minimum atomic E-state index is 0.633. The summed E-state index contributed by atoms with van der Waals surface area (Å²) >= 11 is 0. The van der Waals surface area contributed by atoms with Gasteiger partial charge in [-0.2, -0.15) is 0 Å². The molecule has 0 aliphatic rings. The highest BCUT2D eigenvalue weighted by Crippen LogP contribution is 2.17. The fourth-order valence-electron chi connectivity index (χ4n) is 1.29. The third kappa shape index (κ3) is 1.44. The Bertz CT molecular complexity index is 434. The predicted octanol–water partition coefficient (Wildman–Crippen LogP) is 0.942. The van der Waals surface area contributed by atoms with E-state index in [1.165, 1.54) is 0 Å². The third-order valence-corrected chi connectivity index (χ3v) is 1.97. The number of hydrogen-bond donors (Lipinski definition) is 1. The fourth-order valence-corrected chi connectivity index (χ4v) is 1.29. The largest absolute Gasteiger partial charge is 0.397 e. The number of anilines is 1. The van der Waals surface area contributed by atoms with Crippen LogP contribution in [0.4, 0.5) is 5.69 Å². The summed E-state index contributed by atoms with van der Waals surface area (Å²) in [5, 5.41) is 7.86. The van der Waals surface area contributed by atoms with E-state index in [1.807, 2.05) is 17.6 Å². The molecule has 0 aromatic carbocycles. The first kappa shape index (κ1) is 8.68. The van der Waals surface area contributed by atoms with Crippen LogP contribution in [0.15, 0.2) is 24.8 Å². The molecule has 2 aromatic rings. The number of pyridine rings is 1. The molecule has 0 saturated heterocycles. The lowest BCUT2D eigenvalue weighted by molar-refractivity contribution is 0.766. The molecular formula is C9H11N5. The van der Waals surface area contributed by atoms with Crippen LogP contribution in [0.3, 0.4) is 0 Å². The average Bonchev–Trinajstić information content (AvgIpc) is 2.65. The monoisotopic (exact) mass is 189 g/mol. The second-order valence-electron chi connectivity index (χ2n) is 2.95. The zero-order valence-corrected chi connectivity index (χ0v) is 7.88. The summed E-state index contributed by atoms with van der Waals surface area (Å²) in [5.74, 6) is 0.798. The SMILES string of the molecule is CCn1cnnc1-c1cncc(N)c1. The highest BCUT2D eigenvalue weighted by Gasteiger charge is 2.05. The van der Waals surface area contributed by atoms with Gasteiger partial charge in [-0.25, -0.2) is 0 Å². The quantitative estimate of drug-likeness (QED) is 0.763. The van der Waals surface area contributed by atoms with Crippen LogP contribution in [0.2, 0.25) is 0 Å². The fraction of sp³-hybridized carbons (Fsp3) is 0.222. The van der Waals surface area contributed by atoms with E-state index in [9.17, 15) is 0 Å². The second-order valence-corrected chi connectivity index (χ2v) is 2.95. The van der Waals surface area contributed by atoms with Crippen molar-refractivity contribution in [3.63, 3.8) is 0 Å². The van der Waals surface area contributed by atoms with Crippen molar-refractivity contribution in [3.05, 3.63) is 24.8 Å². The zero-order chi connectivity index (χ0) is 9.97. The maximum Gasteiger partial charge on any atom is 0.165 e. The van der Waals surface area contributed by atoms with Gasteiger partial charge in [-0.1, -0.05) is 0 Å². The van der Waals surface area contributed by atoms with Gasteiger partial charge in [-0.05, 0) is 13.0 Å². The number of nitrogens with two attached hydrogens (primary N) is 1. The summed E-state index contributed by atoms with van der Waals surface area (Å²) in [4.78, 5) is 4.01. The van der Waals surface area contributed by atoms with Gasteiger partial charge in [0.25, 0.3) is 0 Å². The molecule has 2 aromatic heterocycles. The van der Waals surface area contributed by atoms with Crippen LogP contribution in [-0.2, 0) is 6.54 Å². The molecule has 72 valence electrons. The summed E-state index contributed by atoms with van der Waals surface area (Å²) in [6.07, 6.45) is 5.03. The van der Waals surface area contributed by atoms with E-state index in [1.54, 1.807) is 18.7 Å². The molecule has 0 radical (unpaired) electrons. The van der Waals surface area contributed by atoms with Crippen molar-refractivity contribution < 1.29 is 0 Å². The van der Waals surface area contributed by atoms with Crippen LogP contribution in [-0.4, -0.2) is 19.7 Å². The molecule has 5 nitrogen and oxygen atoms in total. The Morgan fingerprint density at radius 1 is 1.43 bits per heavy atom. The molecule has 14 heavy (non-hydrogen) atoms. The minimum Gasteiger partial charge on any atom is -0.397 e. The van der Waals surface area contributed by atoms with E-state index in [2.05, 4.69) is 15.2 Å². The summed E-state index contributed by atoms with van der Waals surface area (Å²) < 4.78 is 1.94. The highest BCUT2D eigenvalue weighted by molar-refractivity contribution is 5.58. The molecule has 0 atom stereocenters. The molecule has 0 saturated carbocycles. The zero-order valence-electron chi connectivity index (χ0n) is 7.88. The van der Waals surface area contributed by atoms with E-state index in [-0.39, 0.29) is 0 Å². The Morgan fingerprint density at radius 2 is 2.29 bits per heavy atom. The average molecular weight is 189 g/mol. The molecule has 0 unspecified atom stereocenters. The molecule has 0 spiro atoms. The van der Waals surface area contributed by atoms with Crippen molar-refractivity contribution in [2.75, 3.05) is 5.73 Å². The molecule has 5 heteroatoms. The van der Waals surface area contributed by atoms with Gasteiger partial charge >= 0.3 is 0 Å². The molecule has 2 N–H and O–H groups in total. The van der Waals surface area contributed by atoms with E-state index < -0.39 is 0 Å². The Labute approximate surface area is 81.6 Å². The van der Waals surface area contributed by atoms with Crippen molar-refractivity contribution in [3.8, 4) is 11.4 Å². The normalized spacial score (nSPS) is 10.4. The first-order chi connectivity index (χ1) is 6.81. The predicted molar refractivity (Wildman–Crippen MR) is 53.3 cm³/mol. The summed E-state index contributed by atoms with van der Waals surface area (Å²) in [7, 11) is 0. The minimum absolute atomic E-state index is 0.633. The first-order valence-electron chi connectivity index (χ1n) is 4.40. The standard InChI is InChI=1S/C9H11N5/c1-2-14-6-12-13-9(14)7-3-8(10)5-11-4-7/h3-6H,2,10H2,1H3. The molecular weight excluding hydrogens is 178 g/mol. The van der Waals surface area contributed by atoms with Crippen LogP contribution in [0.25, 0.3) is 11.4 Å². The Kier molecular flexibility index (Phi) is 2.14. The second kappa shape index (κ2) is 3.45. The van der Waals surface area contributed by atoms with Gasteiger partial charge in [0.15, 0.2) is 5.82 Å². The maximum atomic E-state index is 5.64. The molecule has 0 fully saturated rings. The molecule has 0 amide bonds. The van der Waals surface area contributed by atoms with Gasteiger partial charge in [0, 0.05) is 24.5 Å². The summed E-state index contributed by atoms with van der Waals surface area (Å²) in [6.45, 7) is 2.86. The van der Waals surface area contributed by atoms with Gasteiger partial charge in [0.2, 0.25) is 0 Å². The Hall–Kier alpha value is -1.91. The molecule has 0 aliphatic heterocycles. The van der Waals surface area contributed by atoms with Gasteiger partial charge < -0.3 is 10.3 Å². The van der Waals surface area contributed by atoms with Gasteiger partial charge in [0.1, 0.15) is 6.33 Å². The molecule has 2 heterocycles. The lowest BCUT2D eigenvalue weighted by atomic mass is 10.2. The van der Waals surface area contributed by atoms with Gasteiger partial charge in [-0.15, -0.1) is 10.2 Å². The van der Waals surface area contributed by atoms with Crippen molar-refractivity contribution in [1.29, 1.82) is 0 Å². The van der Waals surface area contributed by atoms with Crippen LogP contribution in [0, 0.1) is 0 Å². The first-order valence-corrected chi connectivity index (χ1v) is 4.40. The van der Waals surface area contributed by atoms with Crippen LogP contribution in [0.1, 0.15) is 6.92 Å². The maximum absolute atomic E-state index is 5.64. The van der Waals surface area contributed by atoms with Gasteiger partial charge in [-0.3, -0.25) is 4.98 Å². The highest BCUT2D eigenvalue weighted by atomic mass is 15.3. The lowest BCUT2D eigenvalue weighted by Crippen LogP contribution is -1.97. The van der Waals surface area contributed by atoms with Crippen molar-refractivity contribution in [2.24, 2.45) is 0 Å². The molecule has 0 bridgehead atoms. The van der Waals surface area contributed by atoms with Crippen LogP contribution < -0.4 is 5.73 Å². The van der Waals surface area contributed by atoms with E-state index >= 15 is 0 Å². The third-order valence-electron chi connectivity index (χ3n) is 1.97. The number of rotatable bonds is 2. The van der Waals surface area contributed by atoms with E-state index in [4.69, 9.17) is 5.73 Å². The van der Waals surface area contributed by atoms with Crippen LogP contribution >= 0.6 is 0 Å². The lowest BCUT2D eigenvalue weighted by Gasteiger charge is -2.02. The number of nitrogen functional groups attached to an aromatic ring is 1. The number of aromatic nitrogens is 4. The number of aryl methyl sites for hydroxylation is 1. The van der Waals surface area contributed by atoms with Crippen molar-refractivity contribution in [2.45, 2.75) is 13.5 Å². The van der Waals surface area contributed by atoms with E-state index in [0.717, 1.165) is 17.9 Å². The van der Waals surface area contributed by atoms with Crippen LogP contribution in [0.5, 0.6) is 0 Å². The number of nitrogens with zero attached hydrogens (tertiary/aromatic N) is 4. The Balaban J connectivity index is 2.49. The smallest absolute Gasteiger partial charge is 0.165 e. The summed E-state index contributed by atoms with van der Waals surface area (Å²) in [5.41, 5.74) is 7.16. The molecule has 2 rings (SSSR count). The Morgan fingerprint density at radius 3 is 3.00 bits per heavy atom. The van der Waals surface area contributed by atoms with Crippen molar-refractivity contribution in [1.82, 2.24) is 19.7 Å². The van der Waals surface area contributed by atoms with E-state index in [0.29, 0.717) is 5.69 Å². The number of hydrogen-bond acceptors (Lipinski definition) is 4. The van der Waals surface area contributed by atoms with Gasteiger partial charge in [0.05, 0.1) is 5.69 Å². The molecule has 0 aliphatic carbocycles. The summed E-state index contributed by atoms with van der Waals surface area (Å²) in [6, 6.07) is 1.84. The van der Waals surface area contributed by atoms with Crippen molar-refractivity contribution >= 4 is 5.69 Å².